The van der Waals surface area contributed by atoms with Gasteiger partial charge < -0.3 is 11.1 Å². The maximum absolute atomic E-state index is 10.5. The second kappa shape index (κ2) is 4.60. The number of hydrogen-bond acceptors (Lipinski definition) is 2. The average molecular weight is 188 g/mol. The molecular formula is C8H16N2OS. The zero-order valence-corrected chi connectivity index (χ0v) is 8.19. The van der Waals surface area contributed by atoms with Crippen LogP contribution >= 0.6 is 11.8 Å². The van der Waals surface area contributed by atoms with Crippen LogP contribution in [0.25, 0.3) is 0 Å². The second-order valence-electron chi connectivity index (χ2n) is 3.22. The summed E-state index contributed by atoms with van der Waals surface area (Å²) in [6.07, 6.45) is 6.70. The molecule has 1 fully saturated rings. The molecule has 0 unspecified atom stereocenters. The minimum Gasteiger partial charge on any atom is -0.352 e. The van der Waals surface area contributed by atoms with Gasteiger partial charge >= 0.3 is 6.03 Å². The SMILES string of the molecule is CSC1CCC(NC(N)=O)CC1. The van der Waals surface area contributed by atoms with Crippen molar-refractivity contribution in [3.63, 3.8) is 0 Å². The molecule has 2 amide bonds. The Balaban J connectivity index is 2.21. The number of amides is 2. The molecule has 0 atom stereocenters. The van der Waals surface area contributed by atoms with E-state index in [2.05, 4.69) is 11.6 Å². The van der Waals surface area contributed by atoms with Crippen molar-refractivity contribution in [2.24, 2.45) is 5.73 Å². The van der Waals surface area contributed by atoms with Crippen molar-refractivity contribution in [3.8, 4) is 0 Å². The number of urea groups is 1. The summed E-state index contributed by atoms with van der Waals surface area (Å²) in [5.74, 6) is 0. The molecule has 4 heteroatoms. The number of carbonyl (C=O) groups is 1. The highest BCUT2D eigenvalue weighted by atomic mass is 32.2. The molecule has 3 nitrogen and oxygen atoms in total. The molecular weight excluding hydrogens is 172 g/mol. The van der Waals surface area contributed by atoms with E-state index in [0.717, 1.165) is 18.1 Å². The van der Waals surface area contributed by atoms with Crippen LogP contribution in [0.4, 0.5) is 4.79 Å². The van der Waals surface area contributed by atoms with Crippen molar-refractivity contribution in [1.29, 1.82) is 0 Å². The highest BCUT2D eigenvalue weighted by Crippen LogP contribution is 2.26. The van der Waals surface area contributed by atoms with Gasteiger partial charge in [-0.05, 0) is 31.9 Å². The fourth-order valence-corrected chi connectivity index (χ4v) is 2.39. The monoisotopic (exact) mass is 188 g/mol. The van der Waals surface area contributed by atoms with Crippen LogP contribution in [0.1, 0.15) is 25.7 Å². The molecule has 0 radical (unpaired) electrons. The van der Waals surface area contributed by atoms with Crippen LogP contribution < -0.4 is 11.1 Å². The van der Waals surface area contributed by atoms with E-state index >= 15 is 0 Å². The zero-order valence-electron chi connectivity index (χ0n) is 7.38. The van der Waals surface area contributed by atoms with Crippen molar-refractivity contribution in [3.05, 3.63) is 0 Å². The van der Waals surface area contributed by atoms with E-state index in [-0.39, 0.29) is 6.03 Å². The molecule has 70 valence electrons. The highest BCUT2D eigenvalue weighted by molar-refractivity contribution is 7.99. The van der Waals surface area contributed by atoms with Gasteiger partial charge in [-0.1, -0.05) is 0 Å². The summed E-state index contributed by atoms with van der Waals surface area (Å²) in [6, 6.07) is -0.0616. The topological polar surface area (TPSA) is 55.1 Å². The van der Waals surface area contributed by atoms with Gasteiger partial charge in [-0.15, -0.1) is 0 Å². The van der Waals surface area contributed by atoms with Crippen molar-refractivity contribution >= 4 is 17.8 Å². The zero-order chi connectivity index (χ0) is 8.97. The van der Waals surface area contributed by atoms with E-state index in [1.54, 1.807) is 0 Å². The molecule has 0 spiro atoms. The van der Waals surface area contributed by atoms with E-state index in [9.17, 15) is 4.79 Å². The molecule has 3 N–H and O–H groups in total. The Bertz CT molecular complexity index is 155. The first-order valence-corrected chi connectivity index (χ1v) is 5.60. The Labute approximate surface area is 77.5 Å². The van der Waals surface area contributed by atoms with Gasteiger partial charge in [0.1, 0.15) is 0 Å². The molecule has 0 aromatic rings. The average Bonchev–Trinajstić information content (AvgIpc) is 2.05. The third-order valence-electron chi connectivity index (χ3n) is 2.35. The van der Waals surface area contributed by atoms with Gasteiger partial charge in [0.2, 0.25) is 0 Å². The fraction of sp³-hybridized carbons (Fsp3) is 0.875. The summed E-state index contributed by atoms with van der Waals surface area (Å²) >= 11 is 1.92. The number of nitrogens with one attached hydrogen (secondary N) is 1. The highest BCUT2D eigenvalue weighted by Gasteiger charge is 2.20. The predicted octanol–water partition coefficient (Wildman–Crippen LogP) is 1.33. The Morgan fingerprint density at radius 3 is 2.42 bits per heavy atom. The lowest BCUT2D eigenvalue weighted by Crippen LogP contribution is -2.41. The third-order valence-corrected chi connectivity index (χ3v) is 3.49. The molecule has 0 heterocycles. The third kappa shape index (κ3) is 2.93. The second-order valence-corrected chi connectivity index (χ2v) is 4.36. The number of carbonyl (C=O) groups excluding carboxylic acids is 1. The van der Waals surface area contributed by atoms with Crippen LogP contribution in [0, 0.1) is 0 Å². The minimum atomic E-state index is -0.386. The summed E-state index contributed by atoms with van der Waals surface area (Å²) in [5.41, 5.74) is 5.04. The maximum atomic E-state index is 10.5. The fourth-order valence-electron chi connectivity index (χ4n) is 1.64. The lowest BCUT2D eigenvalue weighted by atomic mass is 9.95. The van der Waals surface area contributed by atoms with Gasteiger partial charge in [0, 0.05) is 11.3 Å². The van der Waals surface area contributed by atoms with Crippen molar-refractivity contribution in [1.82, 2.24) is 5.32 Å². The van der Waals surface area contributed by atoms with Gasteiger partial charge in [-0.25, -0.2) is 4.79 Å². The summed E-state index contributed by atoms with van der Waals surface area (Å²) in [6.45, 7) is 0. The van der Waals surface area contributed by atoms with Crippen LogP contribution in [0.5, 0.6) is 0 Å². The standard InChI is InChI=1S/C8H16N2OS/c1-12-7-4-2-6(3-5-7)10-8(9)11/h6-7H,2-5H2,1H3,(H3,9,10,11). The first-order chi connectivity index (χ1) is 5.72. The van der Waals surface area contributed by atoms with Gasteiger partial charge in [0.05, 0.1) is 0 Å². The van der Waals surface area contributed by atoms with Gasteiger partial charge in [0.15, 0.2) is 0 Å². The maximum Gasteiger partial charge on any atom is 0.312 e. The van der Waals surface area contributed by atoms with Crippen molar-refractivity contribution < 1.29 is 4.79 Å². The van der Waals surface area contributed by atoms with Crippen LogP contribution in [0.15, 0.2) is 0 Å². The lowest BCUT2D eigenvalue weighted by Gasteiger charge is -2.27. The van der Waals surface area contributed by atoms with Crippen molar-refractivity contribution in [2.45, 2.75) is 37.0 Å². The molecule has 0 saturated heterocycles. The lowest BCUT2D eigenvalue weighted by molar-refractivity contribution is 0.241. The van der Waals surface area contributed by atoms with Crippen LogP contribution in [-0.2, 0) is 0 Å². The molecule has 1 rings (SSSR count). The van der Waals surface area contributed by atoms with E-state index in [1.165, 1.54) is 12.8 Å². The van der Waals surface area contributed by atoms with Crippen LogP contribution in [0.2, 0.25) is 0 Å². The Hall–Kier alpha value is -0.380. The Morgan fingerprint density at radius 1 is 1.42 bits per heavy atom. The molecule has 0 aromatic carbocycles. The van der Waals surface area contributed by atoms with Gasteiger partial charge in [0.25, 0.3) is 0 Å². The van der Waals surface area contributed by atoms with E-state index < -0.39 is 0 Å². The predicted molar refractivity (Wildman–Crippen MR) is 52.3 cm³/mol. The minimum absolute atomic E-state index is 0.325. The summed E-state index contributed by atoms with van der Waals surface area (Å²) in [5, 5.41) is 3.54. The van der Waals surface area contributed by atoms with E-state index in [4.69, 9.17) is 5.73 Å². The van der Waals surface area contributed by atoms with Gasteiger partial charge in [-0.3, -0.25) is 0 Å². The smallest absolute Gasteiger partial charge is 0.312 e. The van der Waals surface area contributed by atoms with Crippen LogP contribution in [0.3, 0.4) is 0 Å². The number of nitrogens with two attached hydrogens (primary N) is 1. The number of primary amides is 1. The Morgan fingerprint density at radius 2 is 2.00 bits per heavy atom. The normalized spacial score (nSPS) is 29.8. The molecule has 0 aliphatic heterocycles. The molecule has 12 heavy (non-hydrogen) atoms. The largest absolute Gasteiger partial charge is 0.352 e. The molecule has 1 saturated carbocycles. The Kier molecular flexibility index (Phi) is 3.72. The summed E-state index contributed by atoms with van der Waals surface area (Å²) in [4.78, 5) is 10.5. The number of hydrogen-bond donors (Lipinski definition) is 2. The molecule has 1 aliphatic rings. The quantitative estimate of drug-likeness (QED) is 0.687. The van der Waals surface area contributed by atoms with E-state index in [0.29, 0.717) is 6.04 Å². The molecule has 0 bridgehead atoms. The first kappa shape index (κ1) is 9.71. The van der Waals surface area contributed by atoms with Crippen LogP contribution in [-0.4, -0.2) is 23.6 Å². The summed E-state index contributed by atoms with van der Waals surface area (Å²) in [7, 11) is 0. The van der Waals surface area contributed by atoms with E-state index in [1.807, 2.05) is 11.8 Å². The molecule has 0 aromatic heterocycles. The summed E-state index contributed by atoms with van der Waals surface area (Å²) < 4.78 is 0. The van der Waals surface area contributed by atoms with Gasteiger partial charge in [-0.2, -0.15) is 11.8 Å². The first-order valence-electron chi connectivity index (χ1n) is 4.31. The number of rotatable bonds is 2. The number of thioether (sulfide) groups is 1. The van der Waals surface area contributed by atoms with Crippen molar-refractivity contribution in [2.75, 3.05) is 6.26 Å². The molecule has 1 aliphatic carbocycles.